The maximum Gasteiger partial charge on any atom is 0.307 e. The van der Waals surface area contributed by atoms with Gasteiger partial charge in [-0.1, -0.05) is 13.3 Å². The third kappa shape index (κ3) is 7.78. The fraction of sp³-hybridized carbons (Fsp3) is 0.900. The molecule has 13 heavy (non-hydrogen) atoms. The van der Waals surface area contributed by atoms with Crippen LogP contribution in [0.2, 0.25) is 0 Å². The van der Waals surface area contributed by atoms with Gasteiger partial charge in [0.2, 0.25) is 0 Å². The minimum absolute atomic E-state index is 0.0557. The fourth-order valence-electron chi connectivity index (χ4n) is 1.07. The lowest BCUT2D eigenvalue weighted by atomic mass is 10.1. The second-order valence-corrected chi connectivity index (χ2v) is 4.34. The number of carbonyl (C=O) groups is 1. The molecule has 0 bridgehead atoms. The SMILES string of the molecule is CCC[C@@H](N)CC(=O)OC(C)(C)C. The first-order valence-electron chi connectivity index (χ1n) is 4.82. The lowest BCUT2D eigenvalue weighted by molar-refractivity contribution is -0.155. The van der Waals surface area contributed by atoms with Gasteiger partial charge in [0.25, 0.3) is 0 Å². The molecule has 0 amide bonds. The highest BCUT2D eigenvalue weighted by atomic mass is 16.6. The molecule has 0 saturated heterocycles. The van der Waals surface area contributed by atoms with E-state index in [0.29, 0.717) is 6.42 Å². The first kappa shape index (κ1) is 12.4. The average molecular weight is 187 g/mol. The minimum atomic E-state index is -0.400. The molecule has 0 aromatic carbocycles. The summed E-state index contributed by atoms with van der Waals surface area (Å²) >= 11 is 0. The van der Waals surface area contributed by atoms with Crippen LogP contribution >= 0.6 is 0 Å². The molecule has 0 unspecified atom stereocenters. The standard InChI is InChI=1S/C10H21NO2/c1-5-6-8(11)7-9(12)13-10(2,3)4/h8H,5-7,11H2,1-4H3/t8-/m1/s1. The van der Waals surface area contributed by atoms with E-state index in [-0.39, 0.29) is 12.0 Å². The van der Waals surface area contributed by atoms with Crippen LogP contribution in [0.15, 0.2) is 0 Å². The second-order valence-electron chi connectivity index (χ2n) is 4.34. The number of rotatable bonds is 4. The Bertz CT molecular complexity index is 161. The normalized spacial score (nSPS) is 13.9. The van der Waals surface area contributed by atoms with Crippen molar-refractivity contribution in [3.8, 4) is 0 Å². The van der Waals surface area contributed by atoms with Crippen molar-refractivity contribution in [3.05, 3.63) is 0 Å². The van der Waals surface area contributed by atoms with Crippen molar-refractivity contribution in [1.82, 2.24) is 0 Å². The lowest BCUT2D eigenvalue weighted by Gasteiger charge is -2.20. The molecule has 78 valence electrons. The van der Waals surface area contributed by atoms with Gasteiger partial charge in [0.15, 0.2) is 0 Å². The Morgan fingerprint density at radius 1 is 1.46 bits per heavy atom. The summed E-state index contributed by atoms with van der Waals surface area (Å²) in [5.74, 6) is -0.201. The van der Waals surface area contributed by atoms with Gasteiger partial charge in [-0.15, -0.1) is 0 Å². The van der Waals surface area contributed by atoms with Gasteiger partial charge < -0.3 is 10.5 Å². The van der Waals surface area contributed by atoms with Gasteiger partial charge in [-0.25, -0.2) is 0 Å². The number of ether oxygens (including phenoxy) is 1. The first-order chi connectivity index (χ1) is 5.85. The average Bonchev–Trinajstić information content (AvgIpc) is 1.81. The van der Waals surface area contributed by atoms with Crippen LogP contribution < -0.4 is 5.73 Å². The fourth-order valence-corrected chi connectivity index (χ4v) is 1.07. The molecule has 0 heterocycles. The number of hydrogen-bond donors (Lipinski definition) is 1. The number of esters is 1. The Hall–Kier alpha value is -0.570. The molecule has 0 aliphatic heterocycles. The lowest BCUT2D eigenvalue weighted by Crippen LogP contribution is -2.29. The molecule has 0 spiro atoms. The van der Waals surface area contributed by atoms with Gasteiger partial charge in [-0.05, 0) is 27.2 Å². The van der Waals surface area contributed by atoms with Crippen LogP contribution in [0.4, 0.5) is 0 Å². The summed E-state index contributed by atoms with van der Waals surface area (Å²) in [5.41, 5.74) is 5.30. The van der Waals surface area contributed by atoms with E-state index in [1.54, 1.807) is 0 Å². The second kappa shape index (κ2) is 5.22. The Kier molecular flexibility index (Phi) is 4.99. The van der Waals surface area contributed by atoms with Crippen molar-refractivity contribution < 1.29 is 9.53 Å². The molecule has 3 heteroatoms. The molecule has 2 N–H and O–H groups in total. The molecule has 3 nitrogen and oxygen atoms in total. The van der Waals surface area contributed by atoms with Gasteiger partial charge in [0.05, 0.1) is 6.42 Å². The molecular formula is C10H21NO2. The highest BCUT2D eigenvalue weighted by Crippen LogP contribution is 2.09. The zero-order valence-electron chi connectivity index (χ0n) is 9.09. The Balaban J connectivity index is 3.74. The smallest absolute Gasteiger partial charge is 0.307 e. The molecule has 0 rings (SSSR count). The monoisotopic (exact) mass is 187 g/mol. The van der Waals surface area contributed by atoms with Gasteiger partial charge in [0, 0.05) is 6.04 Å². The number of nitrogens with two attached hydrogens (primary N) is 1. The summed E-state index contributed by atoms with van der Waals surface area (Å²) in [5, 5.41) is 0. The Morgan fingerprint density at radius 3 is 2.38 bits per heavy atom. The highest BCUT2D eigenvalue weighted by Gasteiger charge is 2.17. The van der Waals surface area contributed by atoms with Crippen LogP contribution in [0.3, 0.4) is 0 Å². The summed E-state index contributed by atoms with van der Waals surface area (Å²) < 4.78 is 5.14. The zero-order valence-corrected chi connectivity index (χ0v) is 9.09. The first-order valence-corrected chi connectivity index (χ1v) is 4.82. The summed E-state index contributed by atoms with van der Waals surface area (Å²) in [6.45, 7) is 7.62. The summed E-state index contributed by atoms with van der Waals surface area (Å²) in [7, 11) is 0. The largest absolute Gasteiger partial charge is 0.460 e. The van der Waals surface area contributed by atoms with E-state index >= 15 is 0 Å². The third-order valence-corrected chi connectivity index (χ3v) is 1.51. The van der Waals surface area contributed by atoms with Gasteiger partial charge in [-0.2, -0.15) is 0 Å². The molecule has 0 aromatic rings. The minimum Gasteiger partial charge on any atom is -0.460 e. The van der Waals surface area contributed by atoms with E-state index in [9.17, 15) is 4.79 Å². The molecule has 0 aromatic heterocycles. The quantitative estimate of drug-likeness (QED) is 0.683. The van der Waals surface area contributed by atoms with Crippen LogP contribution in [0.1, 0.15) is 47.0 Å². The summed E-state index contributed by atoms with van der Waals surface area (Å²) in [6, 6.07) is -0.0557. The molecule has 0 aliphatic rings. The number of hydrogen-bond acceptors (Lipinski definition) is 3. The van der Waals surface area contributed by atoms with Gasteiger partial charge >= 0.3 is 5.97 Å². The van der Waals surface area contributed by atoms with Gasteiger partial charge in [-0.3, -0.25) is 4.79 Å². The van der Waals surface area contributed by atoms with Gasteiger partial charge in [0.1, 0.15) is 5.60 Å². The van der Waals surface area contributed by atoms with Crippen LogP contribution in [0.5, 0.6) is 0 Å². The van der Waals surface area contributed by atoms with E-state index in [0.717, 1.165) is 12.8 Å². The van der Waals surface area contributed by atoms with Crippen molar-refractivity contribution in [2.75, 3.05) is 0 Å². The van der Waals surface area contributed by atoms with Crippen molar-refractivity contribution in [2.24, 2.45) is 5.73 Å². The highest BCUT2D eigenvalue weighted by molar-refractivity contribution is 5.70. The molecule has 0 saturated carbocycles. The van der Waals surface area contributed by atoms with E-state index in [2.05, 4.69) is 6.92 Å². The van der Waals surface area contributed by atoms with Crippen LogP contribution in [-0.4, -0.2) is 17.6 Å². The maximum atomic E-state index is 11.2. The molecule has 0 aliphatic carbocycles. The summed E-state index contributed by atoms with van der Waals surface area (Å²) in [4.78, 5) is 11.2. The topological polar surface area (TPSA) is 52.3 Å². The maximum absolute atomic E-state index is 11.2. The van der Waals surface area contributed by atoms with E-state index in [1.807, 2.05) is 20.8 Å². The van der Waals surface area contributed by atoms with Crippen molar-refractivity contribution >= 4 is 5.97 Å². The van der Waals surface area contributed by atoms with E-state index in [4.69, 9.17) is 10.5 Å². The molecule has 1 atom stereocenters. The van der Waals surface area contributed by atoms with Crippen molar-refractivity contribution in [1.29, 1.82) is 0 Å². The molecular weight excluding hydrogens is 166 g/mol. The summed E-state index contributed by atoms with van der Waals surface area (Å²) in [6.07, 6.45) is 2.20. The van der Waals surface area contributed by atoms with Crippen LogP contribution in [0.25, 0.3) is 0 Å². The molecule has 0 fully saturated rings. The molecule has 0 radical (unpaired) electrons. The van der Waals surface area contributed by atoms with Crippen LogP contribution in [0, 0.1) is 0 Å². The predicted molar refractivity (Wildman–Crippen MR) is 53.3 cm³/mol. The zero-order chi connectivity index (χ0) is 10.5. The Labute approximate surface area is 80.6 Å². The van der Waals surface area contributed by atoms with Crippen LogP contribution in [-0.2, 0) is 9.53 Å². The van der Waals surface area contributed by atoms with E-state index < -0.39 is 5.60 Å². The van der Waals surface area contributed by atoms with E-state index in [1.165, 1.54) is 0 Å². The third-order valence-electron chi connectivity index (χ3n) is 1.51. The predicted octanol–water partition coefficient (Wildman–Crippen LogP) is 1.85. The number of carbonyl (C=O) groups excluding carboxylic acids is 1. The van der Waals surface area contributed by atoms with Crippen molar-refractivity contribution in [3.63, 3.8) is 0 Å². The van der Waals surface area contributed by atoms with Crippen molar-refractivity contribution in [2.45, 2.75) is 58.6 Å². The Morgan fingerprint density at radius 2 is 2.00 bits per heavy atom.